The van der Waals surface area contributed by atoms with Gasteiger partial charge in [-0.15, -0.1) is 0 Å². The van der Waals surface area contributed by atoms with E-state index in [9.17, 15) is 4.79 Å². The van der Waals surface area contributed by atoms with E-state index in [1.165, 1.54) is 21.1 Å². The summed E-state index contributed by atoms with van der Waals surface area (Å²) in [5, 5.41) is 44.3. The fourth-order valence-electron chi connectivity index (χ4n) is 0.644. The molecule has 5 N–H and O–H groups in total. The van der Waals surface area contributed by atoms with Crippen molar-refractivity contribution in [3.8, 4) is 0 Å². The summed E-state index contributed by atoms with van der Waals surface area (Å²) in [7, 11) is 0. The average molecular weight is 376 g/mol. The summed E-state index contributed by atoms with van der Waals surface area (Å²) in [5.74, 6) is 0. The molecule has 0 aromatic rings. The van der Waals surface area contributed by atoms with Crippen molar-refractivity contribution in [3.63, 3.8) is 0 Å². The number of carbonyl (C=O) groups is 1. The van der Waals surface area contributed by atoms with E-state index in [1.807, 2.05) is 0 Å². The second-order valence-corrected chi connectivity index (χ2v) is 3.51. The van der Waals surface area contributed by atoms with Crippen LogP contribution in [0, 0.1) is 0 Å². The Hall–Kier alpha value is 0.210. The molecule has 13 heavy (non-hydrogen) atoms. The van der Waals surface area contributed by atoms with Gasteiger partial charge in [-0.25, -0.2) is 0 Å². The van der Waals surface area contributed by atoms with E-state index in [0.29, 0.717) is 0 Å². The fraction of sp³-hybridized carbons (Fsp3) is 0.833. The van der Waals surface area contributed by atoms with Crippen molar-refractivity contribution in [2.45, 2.75) is 24.4 Å². The molecule has 4 atom stereocenters. The molecule has 0 spiro atoms. The molecule has 0 unspecified atom stereocenters. The predicted molar refractivity (Wildman–Crippen MR) is 36.1 cm³/mol. The van der Waals surface area contributed by atoms with Crippen LogP contribution in [0.5, 0.6) is 0 Å². The van der Waals surface area contributed by atoms with Gasteiger partial charge in [0.25, 0.3) is 0 Å². The second-order valence-electron chi connectivity index (χ2n) is 2.44. The van der Waals surface area contributed by atoms with Gasteiger partial charge in [0.2, 0.25) is 0 Å². The van der Waals surface area contributed by atoms with Gasteiger partial charge in [0.1, 0.15) is 0 Å². The molecule has 82 valence electrons. The van der Waals surface area contributed by atoms with Crippen molar-refractivity contribution in [1.29, 1.82) is 0 Å². The number of aliphatic hydroxyl groups is 5. The topological polar surface area (TPSA) is 118 Å². The number of aliphatic hydroxyl groups excluding tert-OH is 5. The van der Waals surface area contributed by atoms with Crippen LogP contribution in [0.15, 0.2) is 0 Å². The van der Waals surface area contributed by atoms with Crippen LogP contribution in [0.1, 0.15) is 0 Å². The Morgan fingerprint density at radius 3 is 1.92 bits per heavy atom. The van der Waals surface area contributed by atoms with Crippen molar-refractivity contribution in [2.75, 3.05) is 6.61 Å². The molecule has 0 aliphatic rings. The van der Waals surface area contributed by atoms with E-state index in [0.717, 1.165) is 0 Å². The molecule has 0 aromatic heterocycles. The molecule has 0 fully saturated rings. The summed E-state index contributed by atoms with van der Waals surface area (Å²) >= 11 is 1.43. The Morgan fingerprint density at radius 2 is 1.62 bits per heavy atom. The molecule has 0 heterocycles. The number of hydrogen-bond acceptors (Lipinski definition) is 6. The van der Waals surface area contributed by atoms with Crippen LogP contribution in [0.2, 0.25) is 0 Å². The van der Waals surface area contributed by atoms with Crippen LogP contribution >= 0.6 is 0 Å². The summed E-state index contributed by atoms with van der Waals surface area (Å²) in [6, 6.07) is 0. The Labute approximate surface area is 86.7 Å². The SMILES string of the molecule is O=[C]([Au])[C@H](O)[C@@H](O)[C@H](O)[C@H](O)CO. The summed E-state index contributed by atoms with van der Waals surface area (Å²) in [6.45, 7) is -0.766. The first-order valence-electron chi connectivity index (χ1n) is 3.40. The van der Waals surface area contributed by atoms with Gasteiger partial charge in [0, 0.05) is 0 Å². The van der Waals surface area contributed by atoms with Gasteiger partial charge in [-0.3, -0.25) is 0 Å². The fourth-order valence-corrected chi connectivity index (χ4v) is 1.01. The van der Waals surface area contributed by atoms with Gasteiger partial charge in [0.15, 0.2) is 0 Å². The van der Waals surface area contributed by atoms with Crippen LogP contribution in [0.4, 0.5) is 0 Å². The zero-order valence-corrected chi connectivity index (χ0v) is 8.63. The van der Waals surface area contributed by atoms with Gasteiger partial charge in [-0.2, -0.15) is 0 Å². The second kappa shape index (κ2) is 5.84. The van der Waals surface area contributed by atoms with E-state index in [4.69, 9.17) is 25.5 Å². The van der Waals surface area contributed by atoms with E-state index in [1.54, 1.807) is 0 Å². The van der Waals surface area contributed by atoms with E-state index in [2.05, 4.69) is 0 Å². The van der Waals surface area contributed by atoms with Crippen molar-refractivity contribution in [1.82, 2.24) is 0 Å². The van der Waals surface area contributed by atoms with Crippen LogP contribution in [0.25, 0.3) is 0 Å². The third-order valence-corrected chi connectivity index (χ3v) is 2.11. The quantitative estimate of drug-likeness (QED) is 0.318. The summed E-state index contributed by atoms with van der Waals surface area (Å²) < 4.78 is -0.781. The van der Waals surface area contributed by atoms with Gasteiger partial charge in [-0.05, 0) is 0 Å². The maximum absolute atomic E-state index is 10.5. The zero-order chi connectivity index (χ0) is 10.6. The Balaban J connectivity index is 4.24. The molecule has 0 aliphatic carbocycles. The predicted octanol–water partition coefficient (Wildman–Crippen LogP) is -3.50. The Kier molecular flexibility index (Phi) is 5.93. The van der Waals surface area contributed by atoms with Crippen molar-refractivity contribution < 1.29 is 51.4 Å². The molecule has 6 nitrogen and oxygen atoms in total. The summed E-state index contributed by atoms with van der Waals surface area (Å²) in [6.07, 6.45) is -6.93. The van der Waals surface area contributed by atoms with E-state index >= 15 is 0 Å². The molecular formula is C6H11AuO6. The Bertz CT molecular complexity index is 175. The molecule has 0 aliphatic heterocycles. The van der Waals surface area contributed by atoms with Gasteiger partial charge in [0.05, 0.1) is 0 Å². The normalized spacial score (nSPS) is 20.5. The van der Waals surface area contributed by atoms with Crippen LogP contribution in [-0.4, -0.2) is 60.6 Å². The maximum atomic E-state index is 10.5. The molecular weight excluding hydrogens is 365 g/mol. The Morgan fingerprint density at radius 1 is 1.15 bits per heavy atom. The van der Waals surface area contributed by atoms with Crippen molar-refractivity contribution in [2.24, 2.45) is 0 Å². The molecule has 0 amide bonds. The average Bonchev–Trinajstić information content (AvgIpc) is 2.12. The number of hydrogen-bond donors (Lipinski definition) is 5. The van der Waals surface area contributed by atoms with Crippen molar-refractivity contribution >= 4 is 4.00 Å². The molecule has 0 saturated carbocycles. The molecule has 0 saturated heterocycles. The summed E-state index contributed by atoms with van der Waals surface area (Å²) in [4.78, 5) is 10.5. The molecule has 0 aromatic carbocycles. The van der Waals surface area contributed by atoms with Gasteiger partial charge >= 0.3 is 86.4 Å². The molecule has 0 radical (unpaired) electrons. The van der Waals surface area contributed by atoms with E-state index < -0.39 is 35.0 Å². The number of rotatable bonds is 5. The molecule has 0 rings (SSSR count). The van der Waals surface area contributed by atoms with Crippen LogP contribution in [-0.2, 0) is 25.9 Å². The van der Waals surface area contributed by atoms with Crippen molar-refractivity contribution in [3.05, 3.63) is 0 Å². The minimum absolute atomic E-state index is 0.766. The molecule has 0 bridgehead atoms. The number of carbonyl (C=O) groups excluding carboxylic acids is 1. The third-order valence-electron chi connectivity index (χ3n) is 1.46. The first-order valence-corrected chi connectivity index (χ1v) is 4.48. The minimum atomic E-state index is -1.81. The standard InChI is InChI=1S/C6H11O6.Au/c7-1-3(9)5(11)6(12)4(10)2-8;/h3-7,9-12H,1H2;/t3-,4+,5-,6-;/m1./s1. The monoisotopic (exact) mass is 376 g/mol. The van der Waals surface area contributed by atoms with Gasteiger partial charge in [-0.1, -0.05) is 0 Å². The van der Waals surface area contributed by atoms with Crippen LogP contribution < -0.4 is 0 Å². The first kappa shape index (κ1) is 13.2. The molecule has 7 heteroatoms. The zero-order valence-electron chi connectivity index (χ0n) is 6.46. The summed E-state index contributed by atoms with van der Waals surface area (Å²) in [5.41, 5.74) is 0. The van der Waals surface area contributed by atoms with Gasteiger partial charge < -0.3 is 0 Å². The first-order chi connectivity index (χ1) is 5.91. The third kappa shape index (κ3) is 3.84. The van der Waals surface area contributed by atoms with E-state index in [-0.39, 0.29) is 0 Å². The van der Waals surface area contributed by atoms with Crippen LogP contribution in [0.3, 0.4) is 0 Å².